The molecule has 0 aliphatic rings. The average molecular weight is 253 g/mol. The van der Waals surface area contributed by atoms with Crippen molar-refractivity contribution in [2.75, 3.05) is 7.05 Å². The number of nitrogens with one attached hydrogen (secondary N) is 1. The maximum atomic E-state index is 4.62. The zero-order valence-electron chi connectivity index (χ0n) is 10.7. The number of pyridine rings is 1. The molecule has 0 fully saturated rings. The van der Waals surface area contributed by atoms with Crippen molar-refractivity contribution in [1.29, 1.82) is 0 Å². The Labute approximate surface area is 111 Å². The van der Waals surface area contributed by atoms with Gasteiger partial charge in [-0.1, -0.05) is 29.5 Å². The second-order valence-corrected chi connectivity index (χ2v) is 4.43. The molecule has 0 saturated carbocycles. The SMILES string of the molecule is CNCc1cn(Cc2ccc3ccccc3n2)nn1. The Bertz CT molecular complexity index is 689. The fraction of sp³-hybridized carbons (Fsp3) is 0.214. The molecule has 0 spiro atoms. The lowest BCUT2D eigenvalue weighted by Gasteiger charge is -2.02. The molecule has 0 aliphatic heterocycles. The maximum Gasteiger partial charge on any atom is 0.0964 e. The molecule has 0 amide bonds. The summed E-state index contributed by atoms with van der Waals surface area (Å²) in [6, 6.07) is 12.2. The molecule has 0 radical (unpaired) electrons. The van der Waals surface area contributed by atoms with Crippen LogP contribution in [-0.2, 0) is 13.1 Å². The molecule has 3 rings (SSSR count). The van der Waals surface area contributed by atoms with Crippen molar-refractivity contribution in [3.05, 3.63) is 54.0 Å². The molecule has 0 bridgehead atoms. The van der Waals surface area contributed by atoms with Gasteiger partial charge in [0.25, 0.3) is 0 Å². The number of rotatable bonds is 4. The summed E-state index contributed by atoms with van der Waals surface area (Å²) in [6.45, 7) is 1.37. The third kappa shape index (κ3) is 2.61. The predicted molar refractivity (Wildman–Crippen MR) is 73.6 cm³/mol. The summed E-state index contributed by atoms with van der Waals surface area (Å²) in [7, 11) is 1.89. The van der Waals surface area contributed by atoms with Crippen LogP contribution in [0.5, 0.6) is 0 Å². The van der Waals surface area contributed by atoms with Crippen LogP contribution in [0.4, 0.5) is 0 Å². The van der Waals surface area contributed by atoms with Gasteiger partial charge in [-0.05, 0) is 19.2 Å². The Morgan fingerprint density at radius 3 is 2.89 bits per heavy atom. The quantitative estimate of drug-likeness (QED) is 0.767. The summed E-state index contributed by atoms with van der Waals surface area (Å²) in [5.41, 5.74) is 2.93. The van der Waals surface area contributed by atoms with Crippen molar-refractivity contribution in [3.63, 3.8) is 0 Å². The summed E-state index contributed by atoms with van der Waals surface area (Å²) in [5.74, 6) is 0. The molecule has 2 aromatic heterocycles. The molecule has 1 N–H and O–H groups in total. The monoisotopic (exact) mass is 253 g/mol. The van der Waals surface area contributed by atoms with Gasteiger partial charge in [-0.25, -0.2) is 4.68 Å². The van der Waals surface area contributed by atoms with Crippen LogP contribution in [0.15, 0.2) is 42.6 Å². The van der Waals surface area contributed by atoms with Crippen molar-refractivity contribution >= 4 is 10.9 Å². The third-order valence-corrected chi connectivity index (χ3v) is 2.92. The summed E-state index contributed by atoms with van der Waals surface area (Å²) < 4.78 is 1.81. The zero-order valence-corrected chi connectivity index (χ0v) is 10.7. The number of fused-ring (bicyclic) bond motifs is 1. The van der Waals surface area contributed by atoms with Gasteiger partial charge in [-0.2, -0.15) is 0 Å². The molecule has 19 heavy (non-hydrogen) atoms. The summed E-state index contributed by atoms with van der Waals surface area (Å²) in [4.78, 5) is 4.62. The Morgan fingerprint density at radius 2 is 2.00 bits per heavy atom. The van der Waals surface area contributed by atoms with E-state index in [-0.39, 0.29) is 0 Å². The van der Waals surface area contributed by atoms with Crippen molar-refractivity contribution in [2.24, 2.45) is 0 Å². The first-order valence-electron chi connectivity index (χ1n) is 6.23. The number of hydrogen-bond acceptors (Lipinski definition) is 4. The highest BCUT2D eigenvalue weighted by Gasteiger charge is 2.02. The van der Waals surface area contributed by atoms with Gasteiger partial charge in [-0.15, -0.1) is 5.10 Å². The van der Waals surface area contributed by atoms with Gasteiger partial charge < -0.3 is 5.32 Å². The molecule has 1 aromatic carbocycles. The fourth-order valence-corrected chi connectivity index (χ4v) is 2.04. The van der Waals surface area contributed by atoms with Crippen LogP contribution in [0, 0.1) is 0 Å². The molecule has 96 valence electrons. The minimum absolute atomic E-state index is 0.640. The first-order chi connectivity index (χ1) is 9.35. The van der Waals surface area contributed by atoms with Gasteiger partial charge in [0.2, 0.25) is 0 Å². The van der Waals surface area contributed by atoms with Gasteiger partial charge in [0.1, 0.15) is 0 Å². The number of para-hydroxylation sites is 1. The predicted octanol–water partition coefficient (Wildman–Crippen LogP) is 1.59. The van der Waals surface area contributed by atoms with Crippen LogP contribution >= 0.6 is 0 Å². The van der Waals surface area contributed by atoms with E-state index < -0.39 is 0 Å². The first-order valence-corrected chi connectivity index (χ1v) is 6.23. The topological polar surface area (TPSA) is 55.6 Å². The number of hydrogen-bond donors (Lipinski definition) is 1. The van der Waals surface area contributed by atoms with E-state index in [0.717, 1.165) is 28.8 Å². The van der Waals surface area contributed by atoms with E-state index in [1.54, 1.807) is 0 Å². The largest absolute Gasteiger partial charge is 0.314 e. The minimum atomic E-state index is 0.640. The molecule has 0 saturated heterocycles. The van der Waals surface area contributed by atoms with Gasteiger partial charge in [0.15, 0.2) is 0 Å². The first kappa shape index (κ1) is 11.8. The normalized spacial score (nSPS) is 11.0. The number of aromatic nitrogens is 4. The lowest BCUT2D eigenvalue weighted by molar-refractivity contribution is 0.639. The van der Waals surface area contributed by atoms with Crippen molar-refractivity contribution in [1.82, 2.24) is 25.3 Å². The number of nitrogens with zero attached hydrogens (tertiary/aromatic N) is 4. The molecule has 5 nitrogen and oxygen atoms in total. The molecule has 2 heterocycles. The lowest BCUT2D eigenvalue weighted by Crippen LogP contribution is -2.05. The highest BCUT2D eigenvalue weighted by atomic mass is 15.4. The van der Waals surface area contributed by atoms with Crippen LogP contribution in [0.2, 0.25) is 0 Å². The third-order valence-electron chi connectivity index (χ3n) is 2.92. The molecule has 0 aliphatic carbocycles. The van der Waals surface area contributed by atoms with Crippen LogP contribution < -0.4 is 5.32 Å². The van der Waals surface area contributed by atoms with Crippen LogP contribution in [-0.4, -0.2) is 27.0 Å². The Morgan fingerprint density at radius 1 is 1.11 bits per heavy atom. The van der Waals surface area contributed by atoms with Crippen LogP contribution in [0.25, 0.3) is 10.9 Å². The average Bonchev–Trinajstić information content (AvgIpc) is 2.86. The van der Waals surface area contributed by atoms with Gasteiger partial charge in [-0.3, -0.25) is 4.98 Å². The van der Waals surface area contributed by atoms with E-state index >= 15 is 0 Å². The van der Waals surface area contributed by atoms with Crippen molar-refractivity contribution in [3.8, 4) is 0 Å². The molecule has 3 aromatic rings. The Hall–Kier alpha value is -2.27. The van der Waals surface area contributed by atoms with E-state index in [0.29, 0.717) is 6.54 Å². The van der Waals surface area contributed by atoms with Gasteiger partial charge in [0.05, 0.1) is 29.6 Å². The minimum Gasteiger partial charge on any atom is -0.314 e. The summed E-state index contributed by atoms with van der Waals surface area (Å²) in [5, 5.41) is 12.4. The second kappa shape index (κ2) is 5.16. The summed E-state index contributed by atoms with van der Waals surface area (Å²) in [6.07, 6.45) is 1.94. The van der Waals surface area contributed by atoms with Crippen LogP contribution in [0.1, 0.15) is 11.4 Å². The fourth-order valence-electron chi connectivity index (χ4n) is 2.04. The second-order valence-electron chi connectivity index (χ2n) is 4.43. The number of benzene rings is 1. The Balaban J connectivity index is 1.83. The highest BCUT2D eigenvalue weighted by Crippen LogP contribution is 2.12. The van der Waals surface area contributed by atoms with E-state index in [9.17, 15) is 0 Å². The molecular formula is C14H15N5. The highest BCUT2D eigenvalue weighted by molar-refractivity contribution is 5.78. The maximum absolute atomic E-state index is 4.62. The van der Waals surface area contributed by atoms with E-state index in [4.69, 9.17) is 0 Å². The van der Waals surface area contributed by atoms with E-state index in [2.05, 4.69) is 32.7 Å². The summed E-state index contributed by atoms with van der Waals surface area (Å²) >= 11 is 0. The zero-order chi connectivity index (χ0) is 13.1. The van der Waals surface area contributed by atoms with Crippen LogP contribution in [0.3, 0.4) is 0 Å². The molecule has 0 atom stereocenters. The standard InChI is InChI=1S/C14H15N5/c1-15-8-13-10-19(18-17-13)9-12-7-6-11-4-2-3-5-14(11)16-12/h2-7,10,15H,8-9H2,1H3. The lowest BCUT2D eigenvalue weighted by atomic mass is 10.2. The van der Waals surface area contributed by atoms with Crippen molar-refractivity contribution in [2.45, 2.75) is 13.1 Å². The molecular weight excluding hydrogens is 238 g/mol. The van der Waals surface area contributed by atoms with Gasteiger partial charge >= 0.3 is 0 Å². The van der Waals surface area contributed by atoms with E-state index in [1.807, 2.05) is 42.2 Å². The Kier molecular flexibility index (Phi) is 3.20. The molecule has 5 heteroatoms. The van der Waals surface area contributed by atoms with Gasteiger partial charge in [0, 0.05) is 11.9 Å². The van der Waals surface area contributed by atoms with E-state index in [1.165, 1.54) is 0 Å². The smallest absolute Gasteiger partial charge is 0.0964 e. The van der Waals surface area contributed by atoms with Crippen molar-refractivity contribution < 1.29 is 0 Å². The molecule has 0 unspecified atom stereocenters.